The number of aryl methyl sites for hydroxylation is 1. The lowest BCUT2D eigenvalue weighted by molar-refractivity contribution is 0.386. The van der Waals surface area contributed by atoms with Gasteiger partial charge in [0.05, 0.1) is 13.7 Å². The average molecular weight is 287 g/mol. The number of anilines is 1. The number of aromatic nitrogens is 2. The highest BCUT2D eigenvalue weighted by molar-refractivity contribution is 5.71. The van der Waals surface area contributed by atoms with Crippen molar-refractivity contribution < 1.29 is 9.13 Å². The minimum Gasteiger partial charge on any atom is -0.494 e. The summed E-state index contributed by atoms with van der Waals surface area (Å²) in [6.07, 6.45) is 7.07. The van der Waals surface area contributed by atoms with Gasteiger partial charge < -0.3 is 15.0 Å². The van der Waals surface area contributed by atoms with E-state index >= 15 is 0 Å². The molecule has 2 N–H and O–H groups in total. The summed E-state index contributed by atoms with van der Waals surface area (Å²) in [5.74, 6) is 3.59. The fourth-order valence-corrected chi connectivity index (χ4v) is 2.22. The first-order chi connectivity index (χ1) is 10.1. The number of nitrogens with two attached hydrogens (primary N) is 1. The largest absolute Gasteiger partial charge is 0.494 e. The number of terminal acetylenes is 1. The lowest BCUT2D eigenvalue weighted by Gasteiger charge is -2.06. The molecule has 2 rings (SSSR count). The van der Waals surface area contributed by atoms with Crippen LogP contribution in [0.25, 0.3) is 11.3 Å². The molecule has 4 nitrogen and oxygen atoms in total. The van der Waals surface area contributed by atoms with Gasteiger partial charge in [0.1, 0.15) is 17.3 Å². The summed E-state index contributed by atoms with van der Waals surface area (Å²) in [4.78, 5) is 4.52. The van der Waals surface area contributed by atoms with Crippen molar-refractivity contribution in [1.82, 2.24) is 9.55 Å². The molecular formula is C16H18FN3O. The number of hydrogen-bond donors (Lipinski definition) is 1. The van der Waals surface area contributed by atoms with E-state index in [0.29, 0.717) is 23.6 Å². The van der Waals surface area contributed by atoms with Crippen LogP contribution in [0.1, 0.15) is 19.2 Å². The summed E-state index contributed by atoms with van der Waals surface area (Å²) >= 11 is 0. The van der Waals surface area contributed by atoms with Crippen molar-refractivity contribution in [3.8, 4) is 29.4 Å². The first-order valence-corrected chi connectivity index (χ1v) is 6.74. The Morgan fingerprint density at radius 2 is 2.24 bits per heavy atom. The molecule has 1 aromatic carbocycles. The Hall–Kier alpha value is -2.48. The summed E-state index contributed by atoms with van der Waals surface area (Å²) in [6.45, 7) is 2.41. The molecule has 0 fully saturated rings. The van der Waals surface area contributed by atoms with Crippen LogP contribution in [-0.4, -0.2) is 16.7 Å². The van der Waals surface area contributed by atoms with Crippen LogP contribution >= 0.6 is 0 Å². The molecule has 0 saturated heterocycles. The van der Waals surface area contributed by atoms with E-state index in [0.717, 1.165) is 18.7 Å². The Bertz CT molecular complexity index is 686. The maximum Gasteiger partial charge on any atom is 0.165 e. The van der Waals surface area contributed by atoms with Crippen LogP contribution < -0.4 is 10.5 Å². The molecule has 2 aromatic rings. The van der Waals surface area contributed by atoms with E-state index in [-0.39, 0.29) is 5.75 Å². The average Bonchev–Trinajstić information content (AvgIpc) is 2.77. The normalized spacial score (nSPS) is 10.4. The van der Waals surface area contributed by atoms with Gasteiger partial charge in [-0.3, -0.25) is 0 Å². The van der Waals surface area contributed by atoms with Crippen molar-refractivity contribution >= 4 is 5.82 Å². The first-order valence-electron chi connectivity index (χ1n) is 6.74. The molecule has 0 spiro atoms. The van der Waals surface area contributed by atoms with Gasteiger partial charge >= 0.3 is 0 Å². The molecule has 0 amide bonds. The maximum atomic E-state index is 13.8. The molecule has 110 valence electrons. The Morgan fingerprint density at radius 1 is 1.48 bits per heavy atom. The number of ether oxygens (including phenoxy) is 1. The van der Waals surface area contributed by atoms with Gasteiger partial charge in [0.2, 0.25) is 0 Å². The third kappa shape index (κ3) is 2.84. The van der Waals surface area contributed by atoms with Crippen molar-refractivity contribution in [2.24, 2.45) is 0 Å². The second-order valence-electron chi connectivity index (χ2n) is 4.65. The second-order valence-corrected chi connectivity index (χ2v) is 4.65. The van der Waals surface area contributed by atoms with Gasteiger partial charge in [0.25, 0.3) is 0 Å². The third-order valence-corrected chi connectivity index (χ3v) is 3.23. The second kappa shape index (κ2) is 6.31. The topological polar surface area (TPSA) is 53.1 Å². The maximum absolute atomic E-state index is 13.8. The molecule has 0 radical (unpaired) electrons. The molecule has 0 bridgehead atoms. The summed E-state index contributed by atoms with van der Waals surface area (Å²) in [7, 11) is 1.42. The minimum absolute atomic E-state index is 0.189. The molecule has 0 aliphatic carbocycles. The monoisotopic (exact) mass is 287 g/mol. The molecular weight excluding hydrogens is 269 g/mol. The van der Waals surface area contributed by atoms with Crippen LogP contribution in [0.3, 0.4) is 0 Å². The quantitative estimate of drug-likeness (QED) is 0.860. The zero-order chi connectivity index (χ0) is 15.4. The van der Waals surface area contributed by atoms with E-state index in [9.17, 15) is 4.39 Å². The molecule has 1 heterocycles. The number of hydrogen-bond acceptors (Lipinski definition) is 3. The van der Waals surface area contributed by atoms with Crippen molar-refractivity contribution in [3.63, 3.8) is 0 Å². The lowest BCUT2D eigenvalue weighted by Crippen LogP contribution is -2.06. The highest BCUT2D eigenvalue weighted by Gasteiger charge is 2.16. The Morgan fingerprint density at radius 3 is 2.81 bits per heavy atom. The number of nitrogen functional groups attached to an aromatic ring is 1. The Balaban J connectivity index is 2.51. The Labute approximate surface area is 123 Å². The molecule has 0 aliphatic heterocycles. The first kappa shape index (κ1) is 14.9. The predicted octanol–water partition coefficient (Wildman–Crippen LogP) is 2.87. The smallest absolute Gasteiger partial charge is 0.165 e. The van der Waals surface area contributed by atoms with Crippen molar-refractivity contribution in [2.45, 2.75) is 26.3 Å². The number of nitrogens with zero attached hydrogens (tertiary/aromatic N) is 2. The van der Waals surface area contributed by atoms with Gasteiger partial charge in [-0.25, -0.2) is 9.37 Å². The zero-order valence-electron chi connectivity index (χ0n) is 12.2. The highest BCUT2D eigenvalue weighted by atomic mass is 19.1. The summed E-state index contributed by atoms with van der Waals surface area (Å²) in [5, 5.41) is 0. The van der Waals surface area contributed by atoms with Crippen molar-refractivity contribution in [1.29, 1.82) is 0 Å². The molecule has 0 unspecified atom stereocenters. The zero-order valence-corrected chi connectivity index (χ0v) is 12.2. The molecule has 0 atom stereocenters. The van der Waals surface area contributed by atoms with Crippen LogP contribution in [0.2, 0.25) is 0 Å². The summed E-state index contributed by atoms with van der Waals surface area (Å²) < 4.78 is 20.5. The molecule has 0 aliphatic rings. The van der Waals surface area contributed by atoms with Crippen LogP contribution in [0, 0.1) is 18.2 Å². The molecule has 21 heavy (non-hydrogen) atoms. The number of halogens is 1. The van der Waals surface area contributed by atoms with E-state index in [2.05, 4.69) is 17.8 Å². The summed E-state index contributed by atoms with van der Waals surface area (Å²) in [6, 6.07) is 4.66. The van der Waals surface area contributed by atoms with Gasteiger partial charge in [-0.1, -0.05) is 12.8 Å². The molecule has 1 aromatic heterocycles. The van der Waals surface area contributed by atoms with Gasteiger partial charge in [-0.15, -0.1) is 6.42 Å². The number of methoxy groups -OCH3 is 1. The highest BCUT2D eigenvalue weighted by Crippen LogP contribution is 2.30. The number of benzene rings is 1. The van der Waals surface area contributed by atoms with E-state index in [4.69, 9.17) is 16.9 Å². The lowest BCUT2D eigenvalue weighted by atomic mass is 10.1. The Kier molecular flexibility index (Phi) is 4.49. The van der Waals surface area contributed by atoms with Crippen LogP contribution in [0.4, 0.5) is 10.2 Å². The van der Waals surface area contributed by atoms with Crippen LogP contribution in [0.5, 0.6) is 5.75 Å². The fraction of sp³-hybridized carbons (Fsp3) is 0.312. The van der Waals surface area contributed by atoms with Crippen LogP contribution in [-0.2, 0) is 13.0 Å². The summed E-state index contributed by atoms with van der Waals surface area (Å²) in [5.41, 5.74) is 7.29. The van der Waals surface area contributed by atoms with Gasteiger partial charge in [-0.05, 0) is 24.6 Å². The van der Waals surface area contributed by atoms with Crippen molar-refractivity contribution in [2.75, 3.05) is 12.8 Å². The SMILES string of the molecule is C#CCn1c(CCC)nc(-c2ccc(OC)c(F)c2)c1N. The van der Waals surface area contributed by atoms with Gasteiger partial charge in [0, 0.05) is 12.0 Å². The van der Waals surface area contributed by atoms with Crippen LogP contribution in [0.15, 0.2) is 18.2 Å². The van der Waals surface area contributed by atoms with Gasteiger partial charge in [-0.2, -0.15) is 0 Å². The molecule has 5 heteroatoms. The van der Waals surface area contributed by atoms with E-state index < -0.39 is 5.82 Å². The van der Waals surface area contributed by atoms with E-state index in [1.54, 1.807) is 16.7 Å². The standard InChI is InChI=1S/C16H18FN3O/c1-4-6-14-19-15(16(18)20(14)9-5-2)11-7-8-13(21-3)12(17)10-11/h2,7-8,10H,4,6,9,18H2,1,3H3. The predicted molar refractivity (Wildman–Crippen MR) is 81.4 cm³/mol. The van der Waals surface area contributed by atoms with Crippen molar-refractivity contribution in [3.05, 3.63) is 29.8 Å². The third-order valence-electron chi connectivity index (χ3n) is 3.23. The molecule has 0 saturated carbocycles. The fourth-order valence-electron chi connectivity index (χ4n) is 2.22. The van der Waals surface area contributed by atoms with E-state index in [1.165, 1.54) is 13.2 Å². The van der Waals surface area contributed by atoms with Gasteiger partial charge in [0.15, 0.2) is 11.6 Å². The minimum atomic E-state index is -0.446. The number of rotatable bonds is 5. The van der Waals surface area contributed by atoms with E-state index in [1.807, 2.05) is 0 Å². The number of imidazole rings is 1.